The highest BCUT2D eigenvalue weighted by atomic mass is 16.6. The third kappa shape index (κ3) is 3.26. The lowest BCUT2D eigenvalue weighted by molar-refractivity contribution is -0.386. The molecule has 2 N–H and O–H groups in total. The van der Waals surface area contributed by atoms with Crippen LogP contribution >= 0.6 is 0 Å². The minimum absolute atomic E-state index is 0.0758. The van der Waals surface area contributed by atoms with Gasteiger partial charge >= 0.3 is 5.69 Å². The molecule has 6 nitrogen and oxygen atoms in total. The number of rotatable bonds is 5. The van der Waals surface area contributed by atoms with Crippen molar-refractivity contribution in [1.82, 2.24) is 4.98 Å². The van der Waals surface area contributed by atoms with E-state index in [-0.39, 0.29) is 18.0 Å². The number of aromatic nitrogens is 1. The molecule has 1 aromatic carbocycles. The average molecular weight is 259 g/mol. The summed E-state index contributed by atoms with van der Waals surface area (Å²) >= 11 is 0. The number of pyridine rings is 1. The molecule has 0 bridgehead atoms. The summed E-state index contributed by atoms with van der Waals surface area (Å²) in [6.45, 7) is 0.480. The van der Waals surface area contributed by atoms with E-state index in [1.165, 1.54) is 6.07 Å². The van der Waals surface area contributed by atoms with Crippen LogP contribution in [-0.4, -0.2) is 9.91 Å². The molecule has 1 heterocycles. The number of nitro groups is 1. The van der Waals surface area contributed by atoms with Crippen LogP contribution in [0.25, 0.3) is 0 Å². The highest BCUT2D eigenvalue weighted by Crippen LogP contribution is 2.28. The van der Waals surface area contributed by atoms with E-state index in [0.717, 1.165) is 5.56 Å². The molecule has 0 aliphatic carbocycles. The van der Waals surface area contributed by atoms with Crippen molar-refractivity contribution in [3.05, 3.63) is 64.0 Å². The standard InChI is InChI=1S/C13H13N3O3/c14-8-10-4-5-12(16(17)18)13(7-10)19-9-11-3-1-2-6-15-11/h1-7H,8-9,14H2. The van der Waals surface area contributed by atoms with Gasteiger partial charge in [0.05, 0.1) is 10.6 Å². The summed E-state index contributed by atoms with van der Waals surface area (Å²) in [4.78, 5) is 14.5. The number of nitro benzene ring substituents is 1. The zero-order valence-corrected chi connectivity index (χ0v) is 10.2. The normalized spacial score (nSPS) is 10.2. The monoisotopic (exact) mass is 259 g/mol. The Morgan fingerprint density at radius 3 is 2.79 bits per heavy atom. The molecule has 0 spiro atoms. The van der Waals surface area contributed by atoms with Crippen molar-refractivity contribution in [1.29, 1.82) is 0 Å². The number of ether oxygens (including phenoxy) is 1. The van der Waals surface area contributed by atoms with Gasteiger partial charge in [0.15, 0.2) is 5.75 Å². The second-order valence-electron chi connectivity index (χ2n) is 3.87. The van der Waals surface area contributed by atoms with Gasteiger partial charge < -0.3 is 10.5 Å². The predicted octanol–water partition coefficient (Wildman–Crippen LogP) is 2.03. The Bertz CT molecular complexity index is 573. The molecule has 0 aliphatic rings. The molecule has 0 saturated heterocycles. The Kier molecular flexibility index (Phi) is 4.04. The first-order chi connectivity index (χ1) is 9.20. The van der Waals surface area contributed by atoms with Gasteiger partial charge in [0.1, 0.15) is 6.61 Å². The minimum Gasteiger partial charge on any atom is -0.480 e. The lowest BCUT2D eigenvalue weighted by atomic mass is 10.2. The molecule has 0 radical (unpaired) electrons. The largest absolute Gasteiger partial charge is 0.480 e. The van der Waals surface area contributed by atoms with Crippen LogP contribution in [0.15, 0.2) is 42.6 Å². The Balaban J connectivity index is 2.20. The molecule has 2 aromatic rings. The van der Waals surface area contributed by atoms with Crippen molar-refractivity contribution in [3.63, 3.8) is 0 Å². The average Bonchev–Trinajstić information content (AvgIpc) is 2.45. The fraction of sp³-hybridized carbons (Fsp3) is 0.154. The second-order valence-corrected chi connectivity index (χ2v) is 3.87. The Morgan fingerprint density at radius 2 is 2.16 bits per heavy atom. The molecule has 98 valence electrons. The van der Waals surface area contributed by atoms with E-state index in [1.807, 2.05) is 6.07 Å². The van der Waals surface area contributed by atoms with E-state index < -0.39 is 4.92 Å². The van der Waals surface area contributed by atoms with Crippen LogP contribution in [0.5, 0.6) is 5.75 Å². The number of nitrogens with two attached hydrogens (primary N) is 1. The molecule has 0 fully saturated rings. The number of nitrogens with zero attached hydrogens (tertiary/aromatic N) is 2. The summed E-state index contributed by atoms with van der Waals surface area (Å²) in [5.41, 5.74) is 6.92. The van der Waals surface area contributed by atoms with Crippen molar-refractivity contribution in [3.8, 4) is 5.75 Å². The highest BCUT2D eigenvalue weighted by molar-refractivity contribution is 5.48. The van der Waals surface area contributed by atoms with E-state index in [9.17, 15) is 10.1 Å². The van der Waals surface area contributed by atoms with E-state index in [2.05, 4.69) is 4.98 Å². The topological polar surface area (TPSA) is 91.3 Å². The third-order valence-electron chi connectivity index (χ3n) is 2.56. The van der Waals surface area contributed by atoms with Gasteiger partial charge in [-0.1, -0.05) is 12.1 Å². The molecule has 0 unspecified atom stereocenters. The van der Waals surface area contributed by atoms with Gasteiger partial charge in [0.25, 0.3) is 0 Å². The van der Waals surface area contributed by atoms with Gasteiger partial charge in [-0.25, -0.2) is 0 Å². The number of hydrogen-bond donors (Lipinski definition) is 1. The molecule has 2 rings (SSSR count). The van der Waals surface area contributed by atoms with Crippen molar-refractivity contribution in [2.45, 2.75) is 13.2 Å². The number of hydrogen-bond acceptors (Lipinski definition) is 5. The van der Waals surface area contributed by atoms with E-state index in [4.69, 9.17) is 10.5 Å². The van der Waals surface area contributed by atoms with Gasteiger partial charge in [-0.2, -0.15) is 0 Å². The van der Waals surface area contributed by atoms with Crippen molar-refractivity contribution in [2.75, 3.05) is 0 Å². The summed E-state index contributed by atoms with van der Waals surface area (Å²) in [6, 6.07) is 10.0. The van der Waals surface area contributed by atoms with Gasteiger partial charge in [-0.3, -0.25) is 15.1 Å². The van der Waals surface area contributed by atoms with E-state index >= 15 is 0 Å². The summed E-state index contributed by atoms with van der Waals surface area (Å²) in [7, 11) is 0. The minimum atomic E-state index is -0.478. The van der Waals surface area contributed by atoms with Gasteiger partial charge in [0.2, 0.25) is 0 Å². The van der Waals surface area contributed by atoms with Gasteiger partial charge in [-0.15, -0.1) is 0 Å². The lowest BCUT2D eigenvalue weighted by Gasteiger charge is -2.07. The molecule has 0 amide bonds. The lowest BCUT2D eigenvalue weighted by Crippen LogP contribution is -2.03. The fourth-order valence-electron chi connectivity index (χ4n) is 1.59. The Hall–Kier alpha value is -2.47. The number of benzene rings is 1. The fourth-order valence-corrected chi connectivity index (χ4v) is 1.59. The molecule has 6 heteroatoms. The van der Waals surface area contributed by atoms with Crippen LogP contribution in [0.1, 0.15) is 11.3 Å². The molecule has 0 saturated carbocycles. The van der Waals surface area contributed by atoms with Crippen molar-refractivity contribution < 1.29 is 9.66 Å². The van der Waals surface area contributed by atoms with Gasteiger partial charge in [-0.05, 0) is 23.8 Å². The van der Waals surface area contributed by atoms with Crippen LogP contribution in [0.4, 0.5) is 5.69 Å². The molecule has 0 aliphatic heterocycles. The molecular formula is C13H13N3O3. The van der Waals surface area contributed by atoms with Crippen molar-refractivity contribution in [2.24, 2.45) is 5.73 Å². The molecular weight excluding hydrogens is 246 g/mol. The summed E-state index contributed by atoms with van der Waals surface area (Å²) in [6.07, 6.45) is 1.64. The van der Waals surface area contributed by atoms with Crippen LogP contribution in [0, 0.1) is 10.1 Å². The Labute approximate surface area is 110 Å². The highest BCUT2D eigenvalue weighted by Gasteiger charge is 2.15. The maximum Gasteiger partial charge on any atom is 0.310 e. The zero-order valence-electron chi connectivity index (χ0n) is 10.2. The van der Waals surface area contributed by atoms with Crippen LogP contribution in [0.2, 0.25) is 0 Å². The third-order valence-corrected chi connectivity index (χ3v) is 2.56. The Morgan fingerprint density at radius 1 is 1.32 bits per heavy atom. The molecule has 1 aromatic heterocycles. The first-order valence-corrected chi connectivity index (χ1v) is 5.71. The van der Waals surface area contributed by atoms with Gasteiger partial charge in [0, 0.05) is 18.8 Å². The molecule has 19 heavy (non-hydrogen) atoms. The second kappa shape index (κ2) is 5.92. The smallest absolute Gasteiger partial charge is 0.310 e. The maximum absolute atomic E-state index is 10.9. The SMILES string of the molecule is NCc1ccc([N+](=O)[O-])c(OCc2ccccn2)c1. The van der Waals surface area contributed by atoms with Crippen LogP contribution < -0.4 is 10.5 Å². The summed E-state index contributed by atoms with van der Waals surface area (Å²) in [5, 5.41) is 10.9. The van der Waals surface area contributed by atoms with E-state index in [1.54, 1.807) is 30.5 Å². The van der Waals surface area contributed by atoms with Crippen LogP contribution in [0.3, 0.4) is 0 Å². The molecule has 0 atom stereocenters. The summed E-state index contributed by atoms with van der Waals surface area (Å²) < 4.78 is 5.47. The predicted molar refractivity (Wildman–Crippen MR) is 69.6 cm³/mol. The van der Waals surface area contributed by atoms with E-state index in [0.29, 0.717) is 12.2 Å². The summed E-state index contributed by atoms with van der Waals surface area (Å²) in [5.74, 6) is 0.207. The quantitative estimate of drug-likeness (QED) is 0.655. The maximum atomic E-state index is 10.9. The zero-order chi connectivity index (χ0) is 13.7. The van der Waals surface area contributed by atoms with Crippen LogP contribution in [-0.2, 0) is 13.2 Å². The first kappa shape index (κ1) is 13.0. The van der Waals surface area contributed by atoms with Crippen molar-refractivity contribution >= 4 is 5.69 Å². The first-order valence-electron chi connectivity index (χ1n) is 5.71.